The van der Waals surface area contributed by atoms with Gasteiger partial charge in [-0.2, -0.15) is 0 Å². The summed E-state index contributed by atoms with van der Waals surface area (Å²) in [7, 11) is 0. The molecule has 4 aromatic rings. The Kier molecular flexibility index (Phi) is 3.58. The molecule has 3 aromatic heterocycles. The molecule has 1 aliphatic rings. The summed E-state index contributed by atoms with van der Waals surface area (Å²) in [4.78, 5) is 36.6. The maximum atomic E-state index is 13.4. The predicted molar refractivity (Wildman–Crippen MR) is 104 cm³/mol. The maximum absolute atomic E-state index is 13.4. The van der Waals surface area contributed by atoms with Gasteiger partial charge in [0.25, 0.3) is 5.91 Å². The molecule has 0 N–H and O–H groups in total. The van der Waals surface area contributed by atoms with Gasteiger partial charge in [0.05, 0.1) is 17.0 Å². The molecular weight excluding hydrogens is 354 g/mol. The van der Waals surface area contributed by atoms with E-state index in [9.17, 15) is 9.59 Å². The number of anilines is 1. The zero-order chi connectivity index (χ0) is 19.3. The van der Waals surface area contributed by atoms with E-state index < -0.39 is 6.04 Å². The average Bonchev–Trinajstić information content (AvgIpc) is 3.03. The molecule has 0 fully saturated rings. The predicted octanol–water partition coefficient (Wildman–Crippen LogP) is 3.64. The van der Waals surface area contributed by atoms with Gasteiger partial charge in [-0.1, -0.05) is 17.7 Å². The van der Waals surface area contributed by atoms with E-state index in [0.717, 1.165) is 11.1 Å². The Labute approximate surface area is 160 Å². The fraction of sp³-hybridized carbons (Fsp3) is 0.0909. The third-order valence-electron chi connectivity index (χ3n) is 4.94. The number of amides is 1. The summed E-state index contributed by atoms with van der Waals surface area (Å²) in [5, 5.41) is 0.466. The summed E-state index contributed by atoms with van der Waals surface area (Å²) < 4.78 is 5.92. The zero-order valence-electron chi connectivity index (χ0n) is 15.0. The second-order valence-electron chi connectivity index (χ2n) is 6.72. The second-order valence-corrected chi connectivity index (χ2v) is 6.72. The first-order valence-corrected chi connectivity index (χ1v) is 8.87. The summed E-state index contributed by atoms with van der Waals surface area (Å²) >= 11 is 0. The fourth-order valence-corrected chi connectivity index (χ4v) is 3.68. The first-order chi connectivity index (χ1) is 13.6. The lowest BCUT2D eigenvalue weighted by molar-refractivity contribution is 0.0970. The van der Waals surface area contributed by atoms with Gasteiger partial charge >= 0.3 is 0 Å². The number of aromatic nitrogens is 2. The van der Waals surface area contributed by atoms with E-state index >= 15 is 0 Å². The average molecular weight is 369 g/mol. The van der Waals surface area contributed by atoms with Crippen molar-refractivity contribution in [3.8, 4) is 0 Å². The van der Waals surface area contributed by atoms with Crippen LogP contribution < -0.4 is 10.3 Å². The maximum Gasteiger partial charge on any atom is 0.296 e. The molecule has 1 amide bonds. The highest BCUT2D eigenvalue weighted by Crippen LogP contribution is 2.40. The van der Waals surface area contributed by atoms with Crippen LogP contribution in [0.25, 0.3) is 11.0 Å². The first kappa shape index (κ1) is 16.4. The molecular formula is C22H15N3O3. The van der Waals surface area contributed by atoms with Gasteiger partial charge in [-0.05, 0) is 48.9 Å². The summed E-state index contributed by atoms with van der Waals surface area (Å²) in [5.41, 5.74) is 2.26. The van der Waals surface area contributed by atoms with Crippen LogP contribution in [0.4, 0.5) is 5.82 Å². The van der Waals surface area contributed by atoms with E-state index in [1.54, 1.807) is 61.1 Å². The molecule has 0 radical (unpaired) electrons. The lowest BCUT2D eigenvalue weighted by Gasteiger charge is -2.23. The van der Waals surface area contributed by atoms with Gasteiger partial charge in [0.2, 0.25) is 5.76 Å². The third kappa shape index (κ3) is 2.35. The summed E-state index contributed by atoms with van der Waals surface area (Å²) in [6.07, 6.45) is 4.90. The molecule has 5 rings (SSSR count). The van der Waals surface area contributed by atoms with E-state index in [1.165, 1.54) is 4.90 Å². The number of hydrogen-bond acceptors (Lipinski definition) is 5. The molecule has 1 unspecified atom stereocenters. The highest BCUT2D eigenvalue weighted by Gasteiger charge is 2.44. The van der Waals surface area contributed by atoms with Crippen molar-refractivity contribution < 1.29 is 9.21 Å². The van der Waals surface area contributed by atoms with Crippen molar-refractivity contribution in [2.24, 2.45) is 0 Å². The van der Waals surface area contributed by atoms with Crippen molar-refractivity contribution in [1.29, 1.82) is 0 Å². The molecule has 1 aromatic carbocycles. The minimum Gasteiger partial charge on any atom is -0.450 e. The SMILES string of the molecule is Cc1ccc2oc3c(c(=O)c2c1)C(c1ccncc1)N(c1ccccn1)C3=O. The van der Waals surface area contributed by atoms with Crippen LogP contribution in [0.2, 0.25) is 0 Å². The van der Waals surface area contributed by atoms with Crippen molar-refractivity contribution in [2.75, 3.05) is 4.90 Å². The highest BCUT2D eigenvalue weighted by molar-refractivity contribution is 6.10. The molecule has 1 atom stereocenters. The van der Waals surface area contributed by atoms with Crippen molar-refractivity contribution >= 4 is 22.7 Å². The Morgan fingerprint density at radius 3 is 2.57 bits per heavy atom. The number of pyridine rings is 2. The molecule has 28 heavy (non-hydrogen) atoms. The summed E-state index contributed by atoms with van der Waals surface area (Å²) in [6, 6.07) is 13.7. The lowest BCUT2D eigenvalue weighted by Crippen LogP contribution is -2.30. The molecule has 0 aliphatic carbocycles. The largest absolute Gasteiger partial charge is 0.450 e. The van der Waals surface area contributed by atoms with Crippen molar-refractivity contribution in [3.05, 3.63) is 99.8 Å². The Bertz CT molecular complexity index is 1270. The Morgan fingerprint density at radius 1 is 1.00 bits per heavy atom. The molecule has 0 saturated heterocycles. The van der Waals surface area contributed by atoms with Gasteiger partial charge in [0.15, 0.2) is 5.43 Å². The lowest BCUT2D eigenvalue weighted by atomic mass is 9.99. The van der Waals surface area contributed by atoms with E-state index in [4.69, 9.17) is 4.42 Å². The van der Waals surface area contributed by atoms with Gasteiger partial charge in [0.1, 0.15) is 11.4 Å². The third-order valence-corrected chi connectivity index (χ3v) is 4.94. The van der Waals surface area contributed by atoms with Crippen LogP contribution in [0.3, 0.4) is 0 Å². The van der Waals surface area contributed by atoms with Crippen LogP contribution in [0.5, 0.6) is 0 Å². The van der Waals surface area contributed by atoms with E-state index in [-0.39, 0.29) is 17.1 Å². The van der Waals surface area contributed by atoms with Crippen LogP contribution in [0, 0.1) is 6.92 Å². The topological polar surface area (TPSA) is 76.3 Å². The zero-order valence-corrected chi connectivity index (χ0v) is 15.0. The normalized spacial score (nSPS) is 15.8. The molecule has 1 aliphatic heterocycles. The standard InChI is InChI=1S/C22H15N3O3/c1-13-5-6-16-15(12-13)20(26)18-19(14-7-10-23-11-8-14)25(22(27)21(18)28-16)17-4-2-3-9-24-17/h2-12,19H,1H3. The van der Waals surface area contributed by atoms with Gasteiger partial charge in [-0.25, -0.2) is 4.98 Å². The molecule has 6 heteroatoms. The number of hydrogen-bond donors (Lipinski definition) is 0. The van der Waals surface area contributed by atoms with Gasteiger partial charge in [0, 0.05) is 18.6 Å². The van der Waals surface area contributed by atoms with Crippen molar-refractivity contribution in [2.45, 2.75) is 13.0 Å². The number of carbonyl (C=O) groups excluding carboxylic acids is 1. The summed E-state index contributed by atoms with van der Waals surface area (Å²) in [6.45, 7) is 1.91. The fourth-order valence-electron chi connectivity index (χ4n) is 3.68. The van der Waals surface area contributed by atoms with E-state index in [0.29, 0.717) is 22.4 Å². The van der Waals surface area contributed by atoms with Crippen LogP contribution >= 0.6 is 0 Å². The number of fused-ring (bicyclic) bond motifs is 2. The van der Waals surface area contributed by atoms with E-state index in [2.05, 4.69) is 9.97 Å². The molecule has 4 heterocycles. The van der Waals surface area contributed by atoms with Crippen LogP contribution in [0.1, 0.15) is 33.3 Å². The number of rotatable bonds is 2. The Morgan fingerprint density at radius 2 is 1.82 bits per heavy atom. The van der Waals surface area contributed by atoms with Crippen molar-refractivity contribution in [1.82, 2.24) is 9.97 Å². The molecule has 0 saturated carbocycles. The Hall–Kier alpha value is -3.80. The smallest absolute Gasteiger partial charge is 0.296 e. The van der Waals surface area contributed by atoms with Gasteiger partial charge < -0.3 is 4.42 Å². The minimum atomic E-state index is -0.624. The first-order valence-electron chi connectivity index (χ1n) is 8.87. The van der Waals surface area contributed by atoms with Crippen LogP contribution in [-0.2, 0) is 0 Å². The van der Waals surface area contributed by atoms with Crippen molar-refractivity contribution in [3.63, 3.8) is 0 Å². The molecule has 136 valence electrons. The summed E-state index contributed by atoms with van der Waals surface area (Å²) in [5.74, 6) is 0.143. The van der Waals surface area contributed by atoms with Crippen LogP contribution in [0.15, 0.2) is 76.3 Å². The van der Waals surface area contributed by atoms with Crippen LogP contribution in [-0.4, -0.2) is 15.9 Å². The van der Waals surface area contributed by atoms with E-state index in [1.807, 2.05) is 13.0 Å². The van der Waals surface area contributed by atoms with Gasteiger partial charge in [-0.3, -0.25) is 19.5 Å². The molecule has 0 spiro atoms. The second kappa shape index (κ2) is 6.13. The number of nitrogens with zero attached hydrogens (tertiary/aromatic N) is 3. The van der Waals surface area contributed by atoms with Gasteiger partial charge in [-0.15, -0.1) is 0 Å². The minimum absolute atomic E-state index is 0.0637. The number of aryl methyl sites for hydroxylation is 1. The monoisotopic (exact) mass is 369 g/mol. The molecule has 0 bridgehead atoms. The number of carbonyl (C=O) groups is 1. The Balaban J connectivity index is 1.84. The number of benzene rings is 1. The highest BCUT2D eigenvalue weighted by atomic mass is 16.3. The molecule has 6 nitrogen and oxygen atoms in total. The quantitative estimate of drug-likeness (QED) is 0.539.